The van der Waals surface area contributed by atoms with Crippen LogP contribution in [-0.4, -0.2) is 27.7 Å². The van der Waals surface area contributed by atoms with Gasteiger partial charge in [0.2, 0.25) is 0 Å². The molecule has 8 rings (SSSR count). The van der Waals surface area contributed by atoms with Crippen LogP contribution in [0.2, 0.25) is 15.1 Å². The number of hydrogen-bond acceptors (Lipinski definition) is 3. The van der Waals surface area contributed by atoms with E-state index in [0.29, 0.717) is 15.6 Å². The van der Waals surface area contributed by atoms with E-state index in [1.165, 1.54) is 5.01 Å². The molecule has 2 bridgehead atoms. The van der Waals surface area contributed by atoms with Gasteiger partial charge in [-0.2, -0.15) is 5.01 Å². The van der Waals surface area contributed by atoms with Gasteiger partial charge in [-0.05, 0) is 52.1 Å². The van der Waals surface area contributed by atoms with E-state index >= 15 is 0 Å². The number of imide groups is 1. The molecule has 1 aliphatic heterocycles. The first-order valence-electron chi connectivity index (χ1n) is 12.9. The zero-order valence-corrected chi connectivity index (χ0v) is 23.2. The van der Waals surface area contributed by atoms with Crippen molar-refractivity contribution in [2.45, 2.75) is 18.4 Å². The van der Waals surface area contributed by atoms with Crippen molar-refractivity contribution >= 4 is 52.5 Å². The highest BCUT2D eigenvalue weighted by Crippen LogP contribution is 2.61. The van der Waals surface area contributed by atoms with Crippen LogP contribution in [0.1, 0.15) is 50.0 Å². The molecule has 2 atom stereocenters. The summed E-state index contributed by atoms with van der Waals surface area (Å²) in [5, 5.41) is 3.21. The van der Waals surface area contributed by atoms with E-state index in [2.05, 4.69) is 0 Å². The van der Waals surface area contributed by atoms with E-state index in [1.807, 2.05) is 48.5 Å². The van der Waals surface area contributed by atoms with Gasteiger partial charge in [0, 0.05) is 21.9 Å². The van der Waals surface area contributed by atoms with Gasteiger partial charge < -0.3 is 0 Å². The minimum absolute atomic E-state index is 0.119. The number of nitrogens with zero attached hydrogens (tertiary/aromatic N) is 2. The van der Waals surface area contributed by atoms with Gasteiger partial charge in [0.15, 0.2) is 0 Å². The Bertz CT molecular complexity index is 1620. The van der Waals surface area contributed by atoms with Crippen molar-refractivity contribution in [3.63, 3.8) is 0 Å². The highest BCUT2D eigenvalue weighted by atomic mass is 35.5. The predicted molar refractivity (Wildman–Crippen MR) is 153 cm³/mol. The van der Waals surface area contributed by atoms with Gasteiger partial charge in [-0.3, -0.25) is 14.4 Å². The number of benzene rings is 4. The summed E-state index contributed by atoms with van der Waals surface area (Å²) < 4.78 is 0. The summed E-state index contributed by atoms with van der Waals surface area (Å²) in [5.41, 5.74) is 4.94. The lowest BCUT2D eigenvalue weighted by atomic mass is 9.55. The number of carbonyl (C=O) groups is 3. The van der Waals surface area contributed by atoms with Crippen molar-refractivity contribution in [2.24, 2.45) is 11.8 Å². The third-order valence-corrected chi connectivity index (χ3v) is 9.26. The van der Waals surface area contributed by atoms with Crippen molar-refractivity contribution in [3.05, 3.63) is 139 Å². The second-order valence-corrected chi connectivity index (χ2v) is 11.6. The summed E-state index contributed by atoms with van der Waals surface area (Å²) in [6.45, 7) is -0.119. The van der Waals surface area contributed by atoms with Crippen LogP contribution in [0.25, 0.3) is 0 Å². The average Bonchev–Trinajstić information content (AvgIpc) is 3.22. The summed E-state index contributed by atoms with van der Waals surface area (Å²) in [5.74, 6) is -3.23. The Balaban J connectivity index is 1.37. The first-order chi connectivity index (χ1) is 19.4. The normalized spacial score (nSPS) is 22.1. The van der Waals surface area contributed by atoms with E-state index in [-0.39, 0.29) is 29.0 Å². The summed E-state index contributed by atoms with van der Waals surface area (Å²) in [7, 11) is 0. The van der Waals surface area contributed by atoms with Crippen molar-refractivity contribution in [2.75, 3.05) is 0 Å². The Labute approximate surface area is 245 Å². The Morgan fingerprint density at radius 2 is 1.18 bits per heavy atom. The number of halogens is 3. The fourth-order valence-electron chi connectivity index (χ4n) is 6.72. The SMILES string of the molecule is O=C(c1ccccc1Cl)N(Cc1ccc(Cl)cc1Cl)N1C(=O)[C@@H]2C3c4ccccc4C(c4ccccc43)[C@H]2C1=O. The standard InChI is InChI=1S/C32H21Cl3N2O3/c33-18-14-13-17(25(35)15-18)16-36(30(38)23-11-5-6-12-24(23)34)37-31(39)28-26-19-7-1-2-8-20(19)27(29(28)32(37)40)22-10-4-3-9-21(22)26/h1-15,26-29H,16H2/t26?,27?,28-,29-/m1/s1. The lowest BCUT2D eigenvalue weighted by Crippen LogP contribution is -2.50. The Morgan fingerprint density at radius 3 is 1.68 bits per heavy atom. The molecule has 0 aromatic heterocycles. The number of hydrogen-bond donors (Lipinski definition) is 0. The highest BCUT2D eigenvalue weighted by molar-refractivity contribution is 6.35. The molecule has 0 saturated carbocycles. The molecule has 198 valence electrons. The third kappa shape index (κ3) is 3.65. The lowest BCUT2D eigenvalue weighted by molar-refractivity contribution is -0.155. The van der Waals surface area contributed by atoms with Crippen molar-refractivity contribution in [3.8, 4) is 0 Å². The van der Waals surface area contributed by atoms with E-state index in [4.69, 9.17) is 34.8 Å². The van der Waals surface area contributed by atoms with Gasteiger partial charge in [-0.1, -0.05) is 102 Å². The Hall–Kier alpha value is -3.64. The second kappa shape index (κ2) is 9.48. The molecule has 0 radical (unpaired) electrons. The van der Waals surface area contributed by atoms with E-state index in [9.17, 15) is 14.4 Å². The van der Waals surface area contributed by atoms with Crippen molar-refractivity contribution in [1.82, 2.24) is 10.0 Å². The van der Waals surface area contributed by atoms with Gasteiger partial charge in [0.25, 0.3) is 17.7 Å². The topological polar surface area (TPSA) is 57.7 Å². The van der Waals surface area contributed by atoms with Crippen molar-refractivity contribution in [1.29, 1.82) is 0 Å². The molecule has 40 heavy (non-hydrogen) atoms. The Morgan fingerprint density at radius 1 is 0.675 bits per heavy atom. The molecule has 4 aromatic rings. The highest BCUT2D eigenvalue weighted by Gasteiger charge is 2.63. The van der Waals surface area contributed by atoms with Gasteiger partial charge in [0.1, 0.15) is 0 Å². The van der Waals surface area contributed by atoms with Crippen LogP contribution in [0.5, 0.6) is 0 Å². The average molecular weight is 588 g/mol. The monoisotopic (exact) mass is 586 g/mol. The first-order valence-corrected chi connectivity index (χ1v) is 14.1. The molecule has 1 fully saturated rings. The van der Waals surface area contributed by atoms with Crippen LogP contribution in [0.4, 0.5) is 0 Å². The second-order valence-electron chi connectivity index (χ2n) is 10.3. The fraction of sp³-hybridized carbons (Fsp3) is 0.156. The summed E-state index contributed by atoms with van der Waals surface area (Å²) in [6, 6.07) is 27.5. The van der Waals surface area contributed by atoms with E-state index in [1.54, 1.807) is 42.5 Å². The van der Waals surface area contributed by atoms with Gasteiger partial charge >= 0.3 is 0 Å². The summed E-state index contributed by atoms with van der Waals surface area (Å²) >= 11 is 19.0. The number of hydrazine groups is 1. The maximum Gasteiger partial charge on any atom is 0.274 e. The van der Waals surface area contributed by atoms with Gasteiger partial charge in [0.05, 0.1) is 29.0 Å². The lowest BCUT2D eigenvalue weighted by Gasteiger charge is -2.45. The molecule has 1 heterocycles. The maximum absolute atomic E-state index is 14.4. The van der Waals surface area contributed by atoms with Gasteiger partial charge in [-0.15, -0.1) is 0 Å². The molecule has 0 spiro atoms. The first kappa shape index (κ1) is 25.3. The van der Waals surface area contributed by atoms with E-state index < -0.39 is 29.6 Å². The minimum Gasteiger partial charge on any atom is -0.272 e. The quantitative estimate of drug-likeness (QED) is 0.239. The fourth-order valence-corrected chi connectivity index (χ4v) is 7.40. The van der Waals surface area contributed by atoms with Crippen LogP contribution >= 0.6 is 34.8 Å². The molecule has 1 saturated heterocycles. The van der Waals surface area contributed by atoms with Gasteiger partial charge in [-0.25, -0.2) is 5.01 Å². The number of carbonyl (C=O) groups excluding carboxylic acids is 3. The van der Waals surface area contributed by atoms with Crippen molar-refractivity contribution < 1.29 is 14.4 Å². The van der Waals surface area contributed by atoms with Crippen LogP contribution in [0.15, 0.2) is 91.0 Å². The van der Waals surface area contributed by atoms with E-state index in [0.717, 1.165) is 27.3 Å². The third-order valence-electron chi connectivity index (χ3n) is 8.34. The minimum atomic E-state index is -0.635. The van der Waals surface area contributed by atoms with Crippen LogP contribution in [0, 0.1) is 11.8 Å². The smallest absolute Gasteiger partial charge is 0.272 e. The molecule has 0 unspecified atom stereocenters. The zero-order valence-electron chi connectivity index (χ0n) is 20.9. The predicted octanol–water partition coefficient (Wildman–Crippen LogP) is 7.10. The zero-order chi connectivity index (χ0) is 27.7. The largest absolute Gasteiger partial charge is 0.274 e. The molecular formula is C32H21Cl3N2O3. The van der Waals surface area contributed by atoms with Crippen LogP contribution < -0.4 is 0 Å². The molecule has 3 amide bonds. The molecule has 8 heteroatoms. The maximum atomic E-state index is 14.4. The summed E-state index contributed by atoms with van der Waals surface area (Å²) in [4.78, 5) is 42.8. The van der Waals surface area contributed by atoms with Crippen LogP contribution in [0.3, 0.4) is 0 Å². The van der Waals surface area contributed by atoms with Crippen LogP contribution in [-0.2, 0) is 16.1 Å². The molecule has 3 aliphatic carbocycles. The molecule has 4 aromatic carbocycles. The number of rotatable bonds is 4. The molecule has 4 aliphatic rings. The molecular weight excluding hydrogens is 567 g/mol. The Kier molecular flexibility index (Phi) is 6.00. The number of amides is 3. The molecule has 0 N–H and O–H groups in total. The molecule has 5 nitrogen and oxygen atoms in total. The summed E-state index contributed by atoms with van der Waals surface area (Å²) in [6.07, 6.45) is 0.